The number of nitrogens with zero attached hydrogens (tertiary/aromatic N) is 1. The number of nitrogens with one attached hydrogen (secondary N) is 2. The second-order valence-electron chi connectivity index (χ2n) is 7.30. The zero-order valence-electron chi connectivity index (χ0n) is 16.4. The van der Waals surface area contributed by atoms with Crippen molar-refractivity contribution >= 4 is 23.0 Å². The minimum atomic E-state index is -0.349. The van der Waals surface area contributed by atoms with Gasteiger partial charge in [0.05, 0.1) is 7.11 Å². The van der Waals surface area contributed by atoms with E-state index in [-0.39, 0.29) is 11.9 Å². The van der Waals surface area contributed by atoms with Gasteiger partial charge in [-0.05, 0) is 62.1 Å². The molecule has 1 atom stereocenters. The normalized spacial score (nSPS) is 15.9. The first kappa shape index (κ1) is 19.1. The van der Waals surface area contributed by atoms with Crippen molar-refractivity contribution in [3.05, 3.63) is 48.5 Å². The van der Waals surface area contributed by atoms with Crippen LogP contribution in [0.3, 0.4) is 0 Å². The molecule has 2 aromatic carbocycles. The van der Waals surface area contributed by atoms with Crippen LogP contribution in [0.15, 0.2) is 48.5 Å². The maximum absolute atomic E-state index is 12.4. The predicted octanol–water partition coefficient (Wildman–Crippen LogP) is 4.37. The fraction of sp³-hybridized carbons (Fsp3) is 0.409. The summed E-state index contributed by atoms with van der Waals surface area (Å²) in [6.07, 6.45) is 2.50. The lowest BCUT2D eigenvalue weighted by Gasteiger charge is -2.32. The number of anilines is 3. The molecule has 0 aromatic heterocycles. The van der Waals surface area contributed by atoms with Crippen LogP contribution in [0.1, 0.15) is 26.7 Å². The molecule has 0 bridgehead atoms. The molecular weight excluding hydrogens is 338 g/mol. The number of rotatable bonds is 6. The summed E-state index contributed by atoms with van der Waals surface area (Å²) in [5.74, 6) is 1.46. The smallest absolute Gasteiger partial charge is 0.246 e. The van der Waals surface area contributed by atoms with E-state index in [1.807, 2.05) is 37.3 Å². The third-order valence-corrected chi connectivity index (χ3v) is 5.13. The monoisotopic (exact) mass is 367 g/mol. The molecule has 0 saturated carbocycles. The van der Waals surface area contributed by atoms with Crippen molar-refractivity contribution in [1.29, 1.82) is 0 Å². The summed E-state index contributed by atoms with van der Waals surface area (Å²) in [6, 6.07) is 15.4. The molecule has 5 heteroatoms. The van der Waals surface area contributed by atoms with Crippen molar-refractivity contribution < 1.29 is 9.53 Å². The maximum atomic E-state index is 12.4. The Kier molecular flexibility index (Phi) is 6.22. The van der Waals surface area contributed by atoms with Gasteiger partial charge in [0, 0.05) is 36.2 Å². The highest BCUT2D eigenvalue weighted by atomic mass is 16.5. The molecule has 1 aliphatic heterocycles. The van der Waals surface area contributed by atoms with E-state index in [1.165, 1.54) is 18.5 Å². The van der Waals surface area contributed by atoms with E-state index in [0.717, 1.165) is 36.1 Å². The second-order valence-corrected chi connectivity index (χ2v) is 7.30. The van der Waals surface area contributed by atoms with Crippen molar-refractivity contribution in [2.24, 2.45) is 5.92 Å². The fourth-order valence-corrected chi connectivity index (χ4v) is 3.30. The first-order chi connectivity index (χ1) is 13.0. The maximum Gasteiger partial charge on any atom is 0.246 e. The first-order valence-corrected chi connectivity index (χ1v) is 9.61. The molecule has 2 N–H and O–H groups in total. The van der Waals surface area contributed by atoms with Crippen LogP contribution in [0.5, 0.6) is 5.75 Å². The molecule has 5 nitrogen and oxygen atoms in total. The molecule has 144 valence electrons. The van der Waals surface area contributed by atoms with Gasteiger partial charge in [0.1, 0.15) is 11.8 Å². The third kappa shape index (κ3) is 5.16. The van der Waals surface area contributed by atoms with Crippen molar-refractivity contribution in [3.63, 3.8) is 0 Å². The lowest BCUT2D eigenvalue weighted by atomic mass is 9.99. The Bertz CT molecular complexity index is 752. The lowest BCUT2D eigenvalue weighted by Crippen LogP contribution is -2.33. The summed E-state index contributed by atoms with van der Waals surface area (Å²) in [6.45, 7) is 6.42. The number of piperidine rings is 1. The number of carbonyl (C=O) groups is 1. The van der Waals surface area contributed by atoms with Crippen LogP contribution in [-0.4, -0.2) is 32.1 Å². The van der Waals surface area contributed by atoms with E-state index in [2.05, 4.69) is 34.6 Å². The van der Waals surface area contributed by atoms with Gasteiger partial charge in [-0.25, -0.2) is 0 Å². The minimum Gasteiger partial charge on any atom is -0.497 e. The van der Waals surface area contributed by atoms with Crippen LogP contribution in [0.2, 0.25) is 0 Å². The van der Waals surface area contributed by atoms with E-state index in [0.29, 0.717) is 0 Å². The number of methoxy groups -OCH3 is 1. The highest BCUT2D eigenvalue weighted by molar-refractivity contribution is 5.96. The number of ether oxygens (including phenoxy) is 1. The summed E-state index contributed by atoms with van der Waals surface area (Å²) in [5.41, 5.74) is 2.92. The lowest BCUT2D eigenvalue weighted by molar-refractivity contribution is -0.116. The van der Waals surface area contributed by atoms with E-state index in [9.17, 15) is 4.79 Å². The predicted molar refractivity (Wildman–Crippen MR) is 112 cm³/mol. The molecular formula is C22H29N3O2. The molecule has 1 amide bonds. The highest BCUT2D eigenvalue weighted by Crippen LogP contribution is 2.24. The summed E-state index contributed by atoms with van der Waals surface area (Å²) >= 11 is 0. The summed E-state index contributed by atoms with van der Waals surface area (Å²) in [5, 5.41) is 6.18. The Labute approximate surface area is 161 Å². The van der Waals surface area contributed by atoms with Crippen molar-refractivity contribution in [2.45, 2.75) is 32.7 Å². The van der Waals surface area contributed by atoms with E-state index in [4.69, 9.17) is 4.74 Å². The van der Waals surface area contributed by atoms with Crippen molar-refractivity contribution in [1.82, 2.24) is 0 Å². The summed E-state index contributed by atoms with van der Waals surface area (Å²) in [4.78, 5) is 14.9. The Morgan fingerprint density at radius 1 is 1.11 bits per heavy atom. The van der Waals surface area contributed by atoms with Crippen molar-refractivity contribution in [3.8, 4) is 5.75 Å². The number of hydrogen-bond acceptors (Lipinski definition) is 4. The van der Waals surface area contributed by atoms with Crippen LogP contribution in [0.4, 0.5) is 17.1 Å². The van der Waals surface area contributed by atoms with Gasteiger partial charge in [-0.15, -0.1) is 0 Å². The zero-order valence-corrected chi connectivity index (χ0v) is 16.4. The largest absolute Gasteiger partial charge is 0.497 e. The molecule has 0 spiro atoms. The van der Waals surface area contributed by atoms with Crippen LogP contribution < -0.4 is 20.3 Å². The molecule has 3 rings (SSSR count). The highest BCUT2D eigenvalue weighted by Gasteiger charge is 2.17. The fourth-order valence-electron chi connectivity index (χ4n) is 3.30. The number of amides is 1. The number of hydrogen-bond donors (Lipinski definition) is 2. The Morgan fingerprint density at radius 3 is 2.48 bits per heavy atom. The zero-order chi connectivity index (χ0) is 19.2. The molecule has 0 unspecified atom stereocenters. The van der Waals surface area contributed by atoms with E-state index in [1.54, 1.807) is 13.2 Å². The topological polar surface area (TPSA) is 53.6 Å². The van der Waals surface area contributed by atoms with Crippen LogP contribution in [-0.2, 0) is 4.79 Å². The van der Waals surface area contributed by atoms with Gasteiger partial charge in [0.25, 0.3) is 0 Å². The standard InChI is InChI=1S/C22H29N3O2/c1-16-11-13-25(14-12-16)20-9-7-18(8-10-20)23-17(2)22(26)24-19-5-4-6-21(15-19)27-3/h4-10,15-17,23H,11-14H2,1-3H3,(H,24,26)/t17-/m0/s1. The Morgan fingerprint density at radius 2 is 1.81 bits per heavy atom. The van der Waals surface area contributed by atoms with Crippen LogP contribution in [0, 0.1) is 5.92 Å². The second kappa shape index (κ2) is 8.80. The van der Waals surface area contributed by atoms with E-state index >= 15 is 0 Å². The Hall–Kier alpha value is -2.69. The summed E-state index contributed by atoms with van der Waals surface area (Å²) in [7, 11) is 1.61. The van der Waals surface area contributed by atoms with E-state index < -0.39 is 0 Å². The number of benzene rings is 2. The van der Waals surface area contributed by atoms with Gasteiger partial charge in [-0.3, -0.25) is 4.79 Å². The molecule has 0 radical (unpaired) electrons. The van der Waals surface area contributed by atoms with Crippen molar-refractivity contribution in [2.75, 3.05) is 35.7 Å². The molecule has 27 heavy (non-hydrogen) atoms. The third-order valence-electron chi connectivity index (χ3n) is 5.13. The Balaban J connectivity index is 1.55. The molecule has 0 aliphatic carbocycles. The first-order valence-electron chi connectivity index (χ1n) is 9.61. The van der Waals surface area contributed by atoms with Gasteiger partial charge in [-0.1, -0.05) is 13.0 Å². The SMILES string of the molecule is COc1cccc(NC(=O)[C@H](C)Nc2ccc(N3CCC(C)CC3)cc2)c1. The molecule has 1 aliphatic rings. The minimum absolute atomic E-state index is 0.0858. The van der Waals surface area contributed by atoms with Gasteiger partial charge < -0.3 is 20.3 Å². The van der Waals surface area contributed by atoms with Gasteiger partial charge in [0.15, 0.2) is 0 Å². The van der Waals surface area contributed by atoms with Gasteiger partial charge in [0.2, 0.25) is 5.91 Å². The average Bonchev–Trinajstić information content (AvgIpc) is 2.69. The van der Waals surface area contributed by atoms with Gasteiger partial charge >= 0.3 is 0 Å². The quantitative estimate of drug-likeness (QED) is 0.796. The van der Waals surface area contributed by atoms with Crippen LogP contribution in [0.25, 0.3) is 0 Å². The molecule has 1 heterocycles. The van der Waals surface area contributed by atoms with Crippen LogP contribution >= 0.6 is 0 Å². The molecule has 2 aromatic rings. The number of carbonyl (C=O) groups excluding carboxylic acids is 1. The molecule has 1 fully saturated rings. The molecule has 1 saturated heterocycles. The summed E-state index contributed by atoms with van der Waals surface area (Å²) < 4.78 is 5.19. The average molecular weight is 367 g/mol. The van der Waals surface area contributed by atoms with Gasteiger partial charge in [-0.2, -0.15) is 0 Å².